The van der Waals surface area contributed by atoms with Gasteiger partial charge in [0.15, 0.2) is 5.82 Å². The topological polar surface area (TPSA) is 69.6 Å². The molecule has 0 aliphatic heterocycles. The van der Waals surface area contributed by atoms with Crippen molar-refractivity contribution in [3.8, 4) is 17.1 Å². The van der Waals surface area contributed by atoms with Crippen molar-refractivity contribution in [1.82, 2.24) is 20.2 Å². The van der Waals surface area contributed by atoms with Gasteiger partial charge in [-0.05, 0) is 72.2 Å². The van der Waals surface area contributed by atoms with Crippen LogP contribution < -0.4 is 5.73 Å². The third kappa shape index (κ3) is 2.38. The molecule has 0 bridgehead atoms. The number of hydrogen-bond acceptors (Lipinski definition) is 4. The second kappa shape index (κ2) is 5.01. The van der Waals surface area contributed by atoms with Crippen molar-refractivity contribution in [2.24, 2.45) is 0 Å². The van der Waals surface area contributed by atoms with Gasteiger partial charge in [-0.1, -0.05) is 12.1 Å². The van der Waals surface area contributed by atoms with E-state index in [4.69, 9.17) is 5.73 Å². The van der Waals surface area contributed by atoms with Gasteiger partial charge in [0.2, 0.25) is 0 Å². The molecule has 0 atom stereocenters. The standard InChI is InChI=1S/C16H17N5/c1-10-4-5-11(2)15(8-10)21-16(18-19-20-21)14-7-6-13(17)9-12(14)3/h4-9H,17H2,1-3H3. The van der Waals surface area contributed by atoms with Gasteiger partial charge in [-0.15, -0.1) is 5.10 Å². The first-order valence-electron chi connectivity index (χ1n) is 6.79. The molecule has 2 N–H and O–H groups in total. The number of nitrogens with zero attached hydrogens (tertiary/aromatic N) is 4. The molecule has 0 aliphatic carbocycles. The van der Waals surface area contributed by atoms with Gasteiger partial charge in [-0.25, -0.2) is 0 Å². The smallest absolute Gasteiger partial charge is 0.187 e. The first-order valence-corrected chi connectivity index (χ1v) is 6.79. The quantitative estimate of drug-likeness (QED) is 0.732. The normalized spacial score (nSPS) is 10.8. The summed E-state index contributed by atoms with van der Waals surface area (Å²) in [6.45, 7) is 6.12. The Kier molecular flexibility index (Phi) is 3.17. The highest BCUT2D eigenvalue weighted by atomic mass is 15.5. The molecule has 0 fully saturated rings. The summed E-state index contributed by atoms with van der Waals surface area (Å²) in [4.78, 5) is 0. The van der Waals surface area contributed by atoms with E-state index < -0.39 is 0 Å². The first kappa shape index (κ1) is 13.3. The van der Waals surface area contributed by atoms with E-state index in [-0.39, 0.29) is 0 Å². The molecule has 21 heavy (non-hydrogen) atoms. The molecule has 5 heteroatoms. The number of rotatable bonds is 2. The van der Waals surface area contributed by atoms with Crippen LogP contribution in [0.5, 0.6) is 0 Å². The lowest BCUT2D eigenvalue weighted by molar-refractivity contribution is 0.786. The van der Waals surface area contributed by atoms with Gasteiger partial charge in [-0.2, -0.15) is 4.68 Å². The third-order valence-electron chi connectivity index (χ3n) is 3.55. The van der Waals surface area contributed by atoms with Crippen LogP contribution in [0.25, 0.3) is 17.1 Å². The van der Waals surface area contributed by atoms with Gasteiger partial charge in [0.1, 0.15) is 0 Å². The first-order chi connectivity index (χ1) is 10.1. The lowest BCUT2D eigenvalue weighted by Crippen LogP contribution is -2.03. The molecule has 3 aromatic rings. The zero-order chi connectivity index (χ0) is 15.0. The molecule has 106 valence electrons. The molecule has 0 spiro atoms. The minimum Gasteiger partial charge on any atom is -0.399 e. The second-order valence-electron chi connectivity index (χ2n) is 5.28. The fourth-order valence-corrected chi connectivity index (χ4v) is 2.40. The van der Waals surface area contributed by atoms with Gasteiger partial charge < -0.3 is 5.73 Å². The highest BCUT2D eigenvalue weighted by Gasteiger charge is 2.14. The SMILES string of the molecule is Cc1ccc(C)c(-n2nnnc2-c2ccc(N)cc2C)c1. The van der Waals surface area contributed by atoms with E-state index in [9.17, 15) is 0 Å². The van der Waals surface area contributed by atoms with Crippen LogP contribution in [-0.2, 0) is 0 Å². The summed E-state index contributed by atoms with van der Waals surface area (Å²) in [6, 6.07) is 12.0. The second-order valence-corrected chi connectivity index (χ2v) is 5.28. The number of nitrogen functional groups attached to an aromatic ring is 1. The van der Waals surface area contributed by atoms with E-state index >= 15 is 0 Å². The Morgan fingerprint density at radius 1 is 0.952 bits per heavy atom. The Morgan fingerprint density at radius 3 is 2.52 bits per heavy atom. The fourth-order valence-electron chi connectivity index (χ4n) is 2.40. The van der Waals surface area contributed by atoms with Crippen molar-refractivity contribution in [3.05, 3.63) is 53.1 Å². The van der Waals surface area contributed by atoms with Crippen molar-refractivity contribution >= 4 is 5.69 Å². The summed E-state index contributed by atoms with van der Waals surface area (Å²) >= 11 is 0. The summed E-state index contributed by atoms with van der Waals surface area (Å²) in [7, 11) is 0. The minimum atomic E-state index is 0.723. The zero-order valence-electron chi connectivity index (χ0n) is 12.3. The van der Waals surface area contributed by atoms with E-state index in [1.165, 1.54) is 5.56 Å². The molecule has 3 rings (SSSR count). The van der Waals surface area contributed by atoms with E-state index in [2.05, 4.69) is 47.6 Å². The number of nitrogens with two attached hydrogens (primary N) is 1. The Hall–Kier alpha value is -2.69. The number of benzene rings is 2. The number of aryl methyl sites for hydroxylation is 3. The highest BCUT2D eigenvalue weighted by molar-refractivity contribution is 5.65. The maximum atomic E-state index is 5.82. The van der Waals surface area contributed by atoms with Crippen molar-refractivity contribution < 1.29 is 0 Å². The molecule has 2 aromatic carbocycles. The summed E-state index contributed by atoms with van der Waals surface area (Å²) in [6.07, 6.45) is 0. The van der Waals surface area contributed by atoms with E-state index in [1.54, 1.807) is 4.68 Å². The maximum Gasteiger partial charge on any atom is 0.187 e. The average molecular weight is 279 g/mol. The predicted octanol–water partition coefficient (Wildman–Crippen LogP) is 2.84. The van der Waals surface area contributed by atoms with Crippen LogP contribution in [0.15, 0.2) is 36.4 Å². The molecule has 5 nitrogen and oxygen atoms in total. The van der Waals surface area contributed by atoms with Gasteiger partial charge in [0.05, 0.1) is 5.69 Å². The summed E-state index contributed by atoms with van der Waals surface area (Å²) in [5, 5.41) is 12.2. The zero-order valence-corrected chi connectivity index (χ0v) is 12.3. The maximum absolute atomic E-state index is 5.82. The van der Waals surface area contributed by atoms with Crippen LogP contribution in [0.4, 0.5) is 5.69 Å². The van der Waals surface area contributed by atoms with Crippen LogP contribution in [0.3, 0.4) is 0 Å². The molecule has 0 amide bonds. The van der Waals surface area contributed by atoms with Gasteiger partial charge in [0, 0.05) is 11.3 Å². The highest BCUT2D eigenvalue weighted by Crippen LogP contribution is 2.26. The largest absolute Gasteiger partial charge is 0.399 e. The van der Waals surface area contributed by atoms with Crippen LogP contribution in [0, 0.1) is 20.8 Å². The minimum absolute atomic E-state index is 0.723. The van der Waals surface area contributed by atoms with Crippen LogP contribution in [-0.4, -0.2) is 20.2 Å². The Bertz CT molecular complexity index is 804. The van der Waals surface area contributed by atoms with E-state index in [0.29, 0.717) is 0 Å². The fraction of sp³-hybridized carbons (Fsp3) is 0.188. The van der Waals surface area contributed by atoms with Gasteiger partial charge in [0.25, 0.3) is 0 Å². The van der Waals surface area contributed by atoms with Gasteiger partial charge >= 0.3 is 0 Å². The number of hydrogen-bond donors (Lipinski definition) is 1. The molecule has 0 saturated heterocycles. The monoisotopic (exact) mass is 279 g/mol. The summed E-state index contributed by atoms with van der Waals surface area (Å²) in [5.74, 6) is 0.723. The average Bonchev–Trinajstić information content (AvgIpc) is 2.90. The van der Waals surface area contributed by atoms with Crippen LogP contribution >= 0.6 is 0 Å². The molecule has 1 heterocycles. The van der Waals surface area contributed by atoms with Crippen molar-refractivity contribution in [2.45, 2.75) is 20.8 Å². The number of tetrazole rings is 1. The molecular weight excluding hydrogens is 262 g/mol. The predicted molar refractivity (Wildman–Crippen MR) is 83.2 cm³/mol. The third-order valence-corrected chi connectivity index (χ3v) is 3.55. The number of anilines is 1. The molecular formula is C16H17N5. The van der Waals surface area contributed by atoms with Crippen molar-refractivity contribution in [3.63, 3.8) is 0 Å². The molecule has 0 unspecified atom stereocenters. The molecule has 0 saturated carbocycles. The summed E-state index contributed by atoms with van der Waals surface area (Å²) in [5.41, 5.74) is 11.9. The lowest BCUT2D eigenvalue weighted by atomic mass is 10.1. The van der Waals surface area contributed by atoms with E-state index in [1.807, 2.05) is 25.1 Å². The van der Waals surface area contributed by atoms with Crippen molar-refractivity contribution in [2.75, 3.05) is 5.73 Å². The Balaban J connectivity index is 2.19. The molecule has 1 aromatic heterocycles. The van der Waals surface area contributed by atoms with Gasteiger partial charge in [-0.3, -0.25) is 0 Å². The van der Waals surface area contributed by atoms with E-state index in [0.717, 1.165) is 33.9 Å². The summed E-state index contributed by atoms with van der Waals surface area (Å²) < 4.78 is 1.78. The lowest BCUT2D eigenvalue weighted by Gasteiger charge is -2.10. The Labute approximate surface area is 123 Å². The van der Waals surface area contributed by atoms with Crippen molar-refractivity contribution in [1.29, 1.82) is 0 Å². The Morgan fingerprint density at radius 2 is 1.76 bits per heavy atom. The number of aromatic nitrogens is 4. The molecule has 0 radical (unpaired) electrons. The van der Waals surface area contributed by atoms with Crippen LogP contribution in [0.1, 0.15) is 16.7 Å². The molecule has 0 aliphatic rings. The van der Waals surface area contributed by atoms with Crippen LogP contribution in [0.2, 0.25) is 0 Å².